The second-order valence-electron chi connectivity index (χ2n) is 2.47. The molecule has 0 aliphatic heterocycles. The van der Waals surface area contributed by atoms with Crippen LogP contribution in [0.15, 0.2) is 21.9 Å². The molecule has 0 bridgehead atoms. The Labute approximate surface area is 89.3 Å². The number of allylic oxidation sites excluding steroid dienone is 1. The Morgan fingerprint density at radius 3 is 2.79 bits per heavy atom. The number of hydrogen-bond donors (Lipinski definition) is 1. The Morgan fingerprint density at radius 2 is 2.29 bits per heavy atom. The molecule has 74 valence electrons. The van der Waals surface area contributed by atoms with Crippen molar-refractivity contribution in [2.24, 2.45) is 0 Å². The quantitative estimate of drug-likeness (QED) is 0.879. The first-order valence-electron chi connectivity index (χ1n) is 3.88. The molecular formula is C9H9BrN2O2. The zero-order chi connectivity index (χ0) is 10.7. The van der Waals surface area contributed by atoms with Gasteiger partial charge in [0, 0.05) is 6.20 Å². The molecule has 1 aromatic rings. The summed E-state index contributed by atoms with van der Waals surface area (Å²) in [5.41, 5.74) is -0.370. The summed E-state index contributed by atoms with van der Waals surface area (Å²) < 4.78 is 1.33. The van der Waals surface area contributed by atoms with Gasteiger partial charge in [-0.3, -0.25) is 9.36 Å². The van der Waals surface area contributed by atoms with Gasteiger partial charge in [-0.2, -0.15) is 4.98 Å². The van der Waals surface area contributed by atoms with Gasteiger partial charge in [0.2, 0.25) is 5.88 Å². The highest BCUT2D eigenvalue weighted by atomic mass is 79.9. The molecule has 0 fully saturated rings. The third-order valence-corrected chi connectivity index (χ3v) is 2.24. The van der Waals surface area contributed by atoms with Crippen LogP contribution >= 0.6 is 15.9 Å². The first-order valence-corrected chi connectivity index (χ1v) is 4.67. The fraction of sp³-hybridized carbons (Fsp3) is 0.111. The largest absolute Gasteiger partial charge is 0.492 e. The molecule has 5 heteroatoms. The zero-order valence-electron chi connectivity index (χ0n) is 7.57. The fourth-order valence-corrected chi connectivity index (χ4v) is 1.23. The summed E-state index contributed by atoms with van der Waals surface area (Å²) in [6, 6.07) is 0. The lowest BCUT2D eigenvalue weighted by molar-refractivity contribution is 0.445. The first kappa shape index (κ1) is 10.7. The Balaban J connectivity index is 3.61. The van der Waals surface area contributed by atoms with E-state index in [2.05, 4.69) is 27.5 Å². The number of halogens is 1. The van der Waals surface area contributed by atoms with E-state index in [9.17, 15) is 9.90 Å². The topological polar surface area (TPSA) is 55.1 Å². The van der Waals surface area contributed by atoms with Crippen LogP contribution in [0.3, 0.4) is 0 Å². The van der Waals surface area contributed by atoms with Crippen LogP contribution in [0.1, 0.15) is 12.7 Å². The van der Waals surface area contributed by atoms with Crippen LogP contribution < -0.4 is 5.56 Å². The maximum Gasteiger partial charge on any atom is 0.276 e. The molecule has 1 rings (SSSR count). The molecule has 0 atom stereocenters. The number of hydrogen-bond acceptors (Lipinski definition) is 3. The second-order valence-corrected chi connectivity index (χ2v) is 3.26. The molecule has 0 radical (unpaired) electrons. The van der Waals surface area contributed by atoms with Crippen molar-refractivity contribution >= 4 is 28.2 Å². The molecule has 0 aliphatic carbocycles. The van der Waals surface area contributed by atoms with Crippen LogP contribution in [0.2, 0.25) is 0 Å². The van der Waals surface area contributed by atoms with Gasteiger partial charge >= 0.3 is 0 Å². The van der Waals surface area contributed by atoms with Gasteiger partial charge in [-0.25, -0.2) is 0 Å². The van der Waals surface area contributed by atoms with E-state index in [4.69, 9.17) is 0 Å². The Bertz CT molecular complexity index is 449. The Morgan fingerprint density at radius 1 is 1.64 bits per heavy atom. The predicted molar refractivity (Wildman–Crippen MR) is 59.0 cm³/mol. The normalized spacial score (nSPS) is 10.7. The summed E-state index contributed by atoms with van der Waals surface area (Å²) in [5, 5.41) is 9.26. The second kappa shape index (κ2) is 4.23. The SMILES string of the molecule is C=Cc1nc(O)c(Br)c(=O)n1/C=C\C. The average molecular weight is 257 g/mol. The van der Waals surface area contributed by atoms with E-state index >= 15 is 0 Å². The zero-order valence-corrected chi connectivity index (χ0v) is 9.15. The van der Waals surface area contributed by atoms with Crippen molar-refractivity contribution in [1.82, 2.24) is 9.55 Å². The van der Waals surface area contributed by atoms with Crippen molar-refractivity contribution in [3.8, 4) is 5.88 Å². The maximum absolute atomic E-state index is 11.6. The maximum atomic E-state index is 11.6. The van der Waals surface area contributed by atoms with Gasteiger partial charge in [0.1, 0.15) is 10.3 Å². The minimum absolute atomic E-state index is 0.0428. The lowest BCUT2D eigenvalue weighted by Gasteiger charge is -2.05. The van der Waals surface area contributed by atoms with Crippen LogP contribution in [0.5, 0.6) is 5.88 Å². The van der Waals surface area contributed by atoms with Crippen LogP contribution in [-0.4, -0.2) is 14.7 Å². The van der Waals surface area contributed by atoms with Gasteiger partial charge in [0.15, 0.2) is 0 Å². The smallest absolute Gasteiger partial charge is 0.276 e. The van der Waals surface area contributed by atoms with Gasteiger partial charge in [-0.15, -0.1) is 0 Å². The van der Waals surface area contributed by atoms with Crippen LogP contribution in [0.25, 0.3) is 12.3 Å². The first-order chi connectivity index (χ1) is 6.61. The van der Waals surface area contributed by atoms with E-state index in [0.29, 0.717) is 5.82 Å². The molecule has 1 heterocycles. The summed E-state index contributed by atoms with van der Waals surface area (Å²) in [4.78, 5) is 15.3. The summed E-state index contributed by atoms with van der Waals surface area (Å²) in [7, 11) is 0. The average Bonchev–Trinajstić information content (AvgIpc) is 2.19. The highest BCUT2D eigenvalue weighted by Crippen LogP contribution is 2.16. The number of aromatic nitrogens is 2. The molecule has 1 N–H and O–H groups in total. The van der Waals surface area contributed by atoms with Crippen molar-refractivity contribution in [3.63, 3.8) is 0 Å². The highest BCUT2D eigenvalue weighted by molar-refractivity contribution is 9.10. The van der Waals surface area contributed by atoms with E-state index in [1.807, 2.05) is 0 Å². The van der Waals surface area contributed by atoms with Gasteiger partial charge in [0.05, 0.1) is 0 Å². The molecule has 14 heavy (non-hydrogen) atoms. The number of aromatic hydroxyl groups is 1. The number of nitrogens with zero attached hydrogens (tertiary/aromatic N) is 2. The van der Waals surface area contributed by atoms with Gasteiger partial charge in [-0.05, 0) is 28.9 Å². The summed E-state index contributed by atoms with van der Waals surface area (Å²) in [6.07, 6.45) is 4.64. The molecule has 0 amide bonds. The summed E-state index contributed by atoms with van der Waals surface area (Å²) in [5.74, 6) is -0.0283. The van der Waals surface area contributed by atoms with Gasteiger partial charge in [0.25, 0.3) is 5.56 Å². The minimum Gasteiger partial charge on any atom is -0.492 e. The van der Waals surface area contributed by atoms with Crippen molar-refractivity contribution in [1.29, 1.82) is 0 Å². The monoisotopic (exact) mass is 256 g/mol. The van der Waals surface area contributed by atoms with E-state index in [0.717, 1.165) is 0 Å². The molecule has 0 saturated heterocycles. The molecule has 1 aromatic heterocycles. The third-order valence-electron chi connectivity index (χ3n) is 1.55. The molecule has 0 aliphatic rings. The van der Waals surface area contributed by atoms with Gasteiger partial charge < -0.3 is 5.11 Å². The third kappa shape index (κ3) is 1.77. The lowest BCUT2D eigenvalue weighted by atomic mass is 10.5. The molecule has 0 unspecified atom stereocenters. The summed E-state index contributed by atoms with van der Waals surface area (Å²) >= 11 is 2.95. The number of rotatable bonds is 2. The van der Waals surface area contributed by atoms with E-state index in [1.165, 1.54) is 10.6 Å². The van der Waals surface area contributed by atoms with Crippen molar-refractivity contribution in [2.75, 3.05) is 0 Å². The molecule has 4 nitrogen and oxygen atoms in total. The van der Waals surface area contributed by atoms with Crippen LogP contribution in [0.4, 0.5) is 0 Å². The molecule has 0 spiro atoms. The van der Waals surface area contributed by atoms with E-state index in [-0.39, 0.29) is 15.9 Å². The molecule has 0 saturated carbocycles. The van der Waals surface area contributed by atoms with E-state index in [1.54, 1.807) is 19.2 Å². The standard InChI is InChI=1S/C9H9BrN2O2/c1-3-5-12-6(4-2)11-8(13)7(10)9(12)14/h3-5,13H,2H2,1H3/b5-3-. The molecular weight excluding hydrogens is 248 g/mol. The van der Waals surface area contributed by atoms with Crippen molar-refractivity contribution in [3.05, 3.63) is 33.3 Å². The Kier molecular flexibility index (Phi) is 3.24. The van der Waals surface area contributed by atoms with Crippen LogP contribution in [0, 0.1) is 0 Å². The minimum atomic E-state index is -0.370. The predicted octanol–water partition coefficient (Wildman–Crippen LogP) is 1.84. The molecule has 0 aromatic carbocycles. The van der Waals surface area contributed by atoms with Crippen molar-refractivity contribution in [2.45, 2.75) is 6.92 Å². The van der Waals surface area contributed by atoms with Gasteiger partial charge in [-0.1, -0.05) is 12.7 Å². The highest BCUT2D eigenvalue weighted by Gasteiger charge is 2.09. The summed E-state index contributed by atoms with van der Waals surface area (Å²) in [6.45, 7) is 5.28. The lowest BCUT2D eigenvalue weighted by Crippen LogP contribution is -2.19. The van der Waals surface area contributed by atoms with Crippen molar-refractivity contribution < 1.29 is 5.11 Å². The fourth-order valence-electron chi connectivity index (χ4n) is 0.954. The van der Waals surface area contributed by atoms with E-state index < -0.39 is 0 Å². The Hall–Kier alpha value is -1.36. The van der Waals surface area contributed by atoms with Crippen LogP contribution in [-0.2, 0) is 0 Å².